The Labute approximate surface area is 131 Å². The number of aryl methyl sites for hydroxylation is 1. The maximum Gasteiger partial charge on any atom is 0.207 e. The van der Waals surface area contributed by atoms with Crippen molar-refractivity contribution in [3.8, 4) is 0 Å². The van der Waals surface area contributed by atoms with Gasteiger partial charge in [-0.2, -0.15) is 0 Å². The Kier molecular flexibility index (Phi) is 3.96. The van der Waals surface area contributed by atoms with E-state index in [2.05, 4.69) is 43.7 Å². The van der Waals surface area contributed by atoms with Gasteiger partial charge in [-0.3, -0.25) is 0 Å². The lowest BCUT2D eigenvalue weighted by molar-refractivity contribution is 0.524. The Morgan fingerprint density at radius 3 is 2.80 bits per heavy atom. The van der Waals surface area contributed by atoms with Gasteiger partial charge in [-0.15, -0.1) is 0 Å². The fourth-order valence-corrected chi connectivity index (χ4v) is 3.39. The molecule has 1 heterocycles. The molecule has 0 amide bonds. The predicted octanol–water partition coefficient (Wildman–Crippen LogP) is 4.79. The number of hydrogen-bond donors (Lipinski definition) is 1. The summed E-state index contributed by atoms with van der Waals surface area (Å²) in [6.45, 7) is 2.01. The Balaban J connectivity index is 1.90. The minimum absolute atomic E-state index is 0.213. The highest BCUT2D eigenvalue weighted by molar-refractivity contribution is 14.1. The molecule has 3 nitrogen and oxygen atoms in total. The van der Waals surface area contributed by atoms with Gasteiger partial charge in [0.1, 0.15) is 5.82 Å². The molecule has 0 aliphatic heterocycles. The van der Waals surface area contributed by atoms with Crippen molar-refractivity contribution in [3.63, 3.8) is 0 Å². The number of aromatic nitrogens is 2. The molecule has 1 aliphatic rings. The van der Waals surface area contributed by atoms with Crippen molar-refractivity contribution < 1.29 is 4.39 Å². The molecule has 1 aromatic heterocycles. The van der Waals surface area contributed by atoms with E-state index < -0.39 is 0 Å². The highest BCUT2D eigenvalue weighted by Gasteiger charge is 2.20. The van der Waals surface area contributed by atoms with Crippen molar-refractivity contribution in [2.75, 3.05) is 5.32 Å². The topological polar surface area (TPSA) is 29.9 Å². The highest BCUT2D eigenvalue weighted by atomic mass is 127. The summed E-state index contributed by atoms with van der Waals surface area (Å²) in [5.41, 5.74) is 1.91. The minimum atomic E-state index is -0.213. The van der Waals surface area contributed by atoms with Crippen LogP contribution < -0.4 is 5.32 Å². The molecule has 0 atom stereocenters. The first-order chi connectivity index (χ1) is 9.63. The predicted molar refractivity (Wildman–Crippen MR) is 86.9 cm³/mol. The second kappa shape index (κ2) is 5.71. The summed E-state index contributed by atoms with van der Waals surface area (Å²) >= 11 is 2.14. The summed E-state index contributed by atoms with van der Waals surface area (Å²) < 4.78 is 16.3. The van der Waals surface area contributed by atoms with Crippen LogP contribution in [-0.2, 0) is 0 Å². The zero-order chi connectivity index (χ0) is 14.1. The van der Waals surface area contributed by atoms with Crippen LogP contribution in [0.15, 0.2) is 24.4 Å². The molecule has 0 radical (unpaired) electrons. The van der Waals surface area contributed by atoms with Gasteiger partial charge in [0, 0.05) is 15.8 Å². The first-order valence-electron chi connectivity index (χ1n) is 6.91. The van der Waals surface area contributed by atoms with Gasteiger partial charge < -0.3 is 9.88 Å². The quantitative estimate of drug-likeness (QED) is 0.770. The number of halogens is 2. The van der Waals surface area contributed by atoms with E-state index in [-0.39, 0.29) is 5.82 Å². The normalized spacial score (nSPS) is 15.8. The van der Waals surface area contributed by atoms with Crippen molar-refractivity contribution in [1.82, 2.24) is 9.55 Å². The minimum Gasteiger partial charge on any atom is -0.325 e. The monoisotopic (exact) mass is 385 g/mol. The zero-order valence-electron chi connectivity index (χ0n) is 11.4. The summed E-state index contributed by atoms with van der Waals surface area (Å²) in [6, 6.07) is 5.30. The average molecular weight is 385 g/mol. The second-order valence-corrected chi connectivity index (χ2v) is 6.46. The van der Waals surface area contributed by atoms with Crippen LogP contribution in [0.3, 0.4) is 0 Å². The van der Waals surface area contributed by atoms with E-state index in [9.17, 15) is 4.39 Å². The number of hydrogen-bond acceptors (Lipinski definition) is 2. The number of nitrogens with one attached hydrogen (secondary N) is 1. The molecular weight excluding hydrogens is 368 g/mol. The van der Waals surface area contributed by atoms with Crippen molar-refractivity contribution in [2.24, 2.45) is 0 Å². The molecule has 1 aliphatic carbocycles. The molecule has 1 aromatic carbocycles. The van der Waals surface area contributed by atoms with Gasteiger partial charge in [-0.1, -0.05) is 12.8 Å². The number of nitrogens with zero attached hydrogens (tertiary/aromatic N) is 2. The molecule has 0 unspecified atom stereocenters. The molecule has 1 fully saturated rings. The standard InChI is InChI=1S/C15H17FIN3/c1-10-9-20(12-4-2-3-5-12)15(18-10)19-14-7-6-11(16)8-13(14)17/h6-9,12H,2-5H2,1H3,(H,18,19). The Morgan fingerprint density at radius 2 is 2.10 bits per heavy atom. The lowest BCUT2D eigenvalue weighted by Crippen LogP contribution is -2.08. The van der Waals surface area contributed by atoms with E-state index in [0.29, 0.717) is 6.04 Å². The Hall–Kier alpha value is -1.11. The van der Waals surface area contributed by atoms with Crippen molar-refractivity contribution in [2.45, 2.75) is 38.6 Å². The summed E-state index contributed by atoms with van der Waals surface area (Å²) in [7, 11) is 0. The van der Waals surface area contributed by atoms with Gasteiger partial charge >= 0.3 is 0 Å². The molecule has 3 rings (SSSR count). The first kappa shape index (κ1) is 13.9. The van der Waals surface area contributed by atoms with Gasteiger partial charge in [-0.25, -0.2) is 9.37 Å². The van der Waals surface area contributed by atoms with Gasteiger partial charge in [0.25, 0.3) is 0 Å². The third-order valence-corrected chi connectivity index (χ3v) is 4.64. The fraction of sp³-hybridized carbons (Fsp3) is 0.400. The number of benzene rings is 1. The zero-order valence-corrected chi connectivity index (χ0v) is 13.5. The molecule has 1 saturated carbocycles. The number of rotatable bonds is 3. The average Bonchev–Trinajstić information content (AvgIpc) is 3.02. The lowest BCUT2D eigenvalue weighted by atomic mass is 10.2. The summed E-state index contributed by atoms with van der Waals surface area (Å²) in [5, 5.41) is 3.34. The van der Waals surface area contributed by atoms with E-state index in [4.69, 9.17) is 0 Å². The van der Waals surface area contributed by atoms with Crippen LogP contribution in [0, 0.1) is 16.3 Å². The molecule has 20 heavy (non-hydrogen) atoms. The van der Waals surface area contributed by atoms with Crippen molar-refractivity contribution in [1.29, 1.82) is 0 Å². The SMILES string of the molecule is Cc1cn(C2CCCC2)c(Nc2ccc(F)cc2I)n1. The van der Waals surface area contributed by atoms with Gasteiger partial charge in [-0.05, 0) is 60.6 Å². The van der Waals surface area contributed by atoms with Crippen LogP contribution in [0.1, 0.15) is 37.4 Å². The highest BCUT2D eigenvalue weighted by Crippen LogP contribution is 2.33. The lowest BCUT2D eigenvalue weighted by Gasteiger charge is -2.16. The third-order valence-electron chi connectivity index (χ3n) is 3.75. The van der Waals surface area contributed by atoms with Crippen LogP contribution in [-0.4, -0.2) is 9.55 Å². The van der Waals surface area contributed by atoms with Gasteiger partial charge in [0.2, 0.25) is 5.95 Å². The van der Waals surface area contributed by atoms with Crippen LogP contribution in [0.4, 0.5) is 16.0 Å². The van der Waals surface area contributed by atoms with E-state index >= 15 is 0 Å². The summed E-state index contributed by atoms with van der Waals surface area (Å²) in [4.78, 5) is 4.57. The third kappa shape index (κ3) is 2.82. The summed E-state index contributed by atoms with van der Waals surface area (Å²) in [6.07, 6.45) is 7.11. The van der Waals surface area contributed by atoms with Gasteiger partial charge in [0.05, 0.1) is 11.4 Å². The number of imidazole rings is 1. The molecule has 106 valence electrons. The molecule has 0 bridgehead atoms. The Bertz CT molecular complexity index is 618. The van der Waals surface area contributed by atoms with Crippen molar-refractivity contribution in [3.05, 3.63) is 39.5 Å². The molecule has 1 N–H and O–H groups in total. The van der Waals surface area contributed by atoms with Crippen LogP contribution in [0.5, 0.6) is 0 Å². The first-order valence-corrected chi connectivity index (χ1v) is 7.99. The molecule has 0 saturated heterocycles. The smallest absolute Gasteiger partial charge is 0.207 e. The van der Waals surface area contributed by atoms with Crippen LogP contribution in [0.2, 0.25) is 0 Å². The van der Waals surface area contributed by atoms with E-state index in [0.717, 1.165) is 20.9 Å². The van der Waals surface area contributed by atoms with Crippen LogP contribution in [0.25, 0.3) is 0 Å². The maximum atomic E-state index is 13.2. The van der Waals surface area contributed by atoms with E-state index in [1.165, 1.54) is 37.8 Å². The molecule has 0 spiro atoms. The summed E-state index contributed by atoms with van der Waals surface area (Å²) in [5.74, 6) is 0.647. The second-order valence-electron chi connectivity index (χ2n) is 5.30. The van der Waals surface area contributed by atoms with Crippen molar-refractivity contribution >= 4 is 34.2 Å². The Morgan fingerprint density at radius 1 is 1.35 bits per heavy atom. The maximum absolute atomic E-state index is 13.2. The molecule has 2 aromatic rings. The largest absolute Gasteiger partial charge is 0.325 e. The van der Waals surface area contributed by atoms with E-state index in [1.54, 1.807) is 6.07 Å². The fourth-order valence-electron chi connectivity index (χ4n) is 2.78. The van der Waals surface area contributed by atoms with Crippen LogP contribution >= 0.6 is 22.6 Å². The van der Waals surface area contributed by atoms with E-state index in [1.807, 2.05) is 6.92 Å². The molecule has 5 heteroatoms. The number of anilines is 2. The van der Waals surface area contributed by atoms with Gasteiger partial charge in [0.15, 0.2) is 0 Å². The molecular formula is C15H17FIN3.